The first kappa shape index (κ1) is 21.4. The molecular weight excluding hydrogens is 436 g/mol. The molecule has 5 aromatic rings. The molecule has 1 N–H and O–H groups in total. The molecule has 0 bridgehead atoms. The number of aromatic nitrogens is 2. The lowest BCUT2D eigenvalue weighted by Crippen LogP contribution is -2.07. The molecule has 0 amide bonds. The summed E-state index contributed by atoms with van der Waals surface area (Å²) >= 11 is 0. The molecule has 174 valence electrons. The molecule has 5 nitrogen and oxygen atoms in total. The summed E-state index contributed by atoms with van der Waals surface area (Å²) in [7, 11) is 2.04. The number of hydrogen-bond acceptors (Lipinski definition) is 3. The minimum atomic E-state index is -0.758. The number of carboxylic acid groups (broad SMARTS) is 1. The largest absolute Gasteiger partial charge is 0.487 e. The van der Waals surface area contributed by atoms with Crippen molar-refractivity contribution in [3.8, 4) is 5.75 Å². The van der Waals surface area contributed by atoms with Gasteiger partial charge < -0.3 is 14.4 Å². The van der Waals surface area contributed by atoms with Gasteiger partial charge in [-0.05, 0) is 41.8 Å². The van der Waals surface area contributed by atoms with Crippen molar-refractivity contribution in [3.63, 3.8) is 0 Å². The standard InChI is InChI=1S/C30H26N2O3/c1-32-27-17-23(35-18-22-12-11-20-9-5-6-10-26(20)31-22)13-14-24(27)29-25(19-7-3-2-4-8-19)15-21(30(29)32)16-28(33)34/h2-14,17,21,25H,15-16,18H2,1H3,(H,33,34). The second-order valence-corrected chi connectivity index (χ2v) is 9.31. The van der Waals surface area contributed by atoms with Gasteiger partial charge in [-0.15, -0.1) is 0 Å². The van der Waals surface area contributed by atoms with E-state index in [2.05, 4.69) is 53.1 Å². The first-order valence-electron chi connectivity index (χ1n) is 11.9. The molecule has 2 unspecified atom stereocenters. The zero-order valence-electron chi connectivity index (χ0n) is 19.5. The average Bonchev–Trinajstić information content (AvgIpc) is 3.38. The number of rotatable bonds is 6. The van der Waals surface area contributed by atoms with Crippen molar-refractivity contribution < 1.29 is 14.6 Å². The molecule has 2 aromatic heterocycles. The number of para-hydroxylation sites is 1. The molecule has 3 aromatic carbocycles. The van der Waals surface area contributed by atoms with E-state index in [-0.39, 0.29) is 18.3 Å². The summed E-state index contributed by atoms with van der Waals surface area (Å²) in [4.78, 5) is 16.4. The molecule has 35 heavy (non-hydrogen) atoms. The van der Waals surface area contributed by atoms with Crippen molar-refractivity contribution in [3.05, 3.63) is 107 Å². The maximum absolute atomic E-state index is 11.7. The highest BCUT2D eigenvalue weighted by atomic mass is 16.5. The summed E-state index contributed by atoms with van der Waals surface area (Å²) in [6.07, 6.45) is 0.953. The molecule has 6 rings (SSSR count). The van der Waals surface area contributed by atoms with E-state index in [4.69, 9.17) is 9.72 Å². The number of ether oxygens (including phenoxy) is 1. The van der Waals surface area contributed by atoms with Gasteiger partial charge in [-0.25, -0.2) is 4.98 Å². The fourth-order valence-electron chi connectivity index (χ4n) is 5.65. The van der Waals surface area contributed by atoms with Crippen molar-refractivity contribution in [2.24, 2.45) is 7.05 Å². The molecule has 5 heteroatoms. The van der Waals surface area contributed by atoms with Gasteiger partial charge in [0.2, 0.25) is 0 Å². The first-order valence-corrected chi connectivity index (χ1v) is 11.9. The molecule has 2 atom stereocenters. The number of pyridine rings is 1. The van der Waals surface area contributed by atoms with Crippen LogP contribution in [0.1, 0.15) is 47.2 Å². The van der Waals surface area contributed by atoms with Gasteiger partial charge in [-0.2, -0.15) is 0 Å². The van der Waals surface area contributed by atoms with Crippen LogP contribution in [0.15, 0.2) is 84.9 Å². The SMILES string of the molecule is Cn1c2c(c3ccc(OCc4ccc5ccccc5n4)cc31)C(c1ccccc1)CC2CC(=O)O. The van der Waals surface area contributed by atoms with Crippen LogP contribution in [0.2, 0.25) is 0 Å². The van der Waals surface area contributed by atoms with Crippen LogP contribution < -0.4 is 4.74 Å². The Morgan fingerprint density at radius 2 is 1.83 bits per heavy atom. The summed E-state index contributed by atoms with van der Waals surface area (Å²) in [6, 6.07) is 28.7. The van der Waals surface area contributed by atoms with E-state index in [0.717, 1.165) is 40.0 Å². The summed E-state index contributed by atoms with van der Waals surface area (Å²) < 4.78 is 8.31. The highest BCUT2D eigenvalue weighted by Crippen LogP contribution is 2.51. The zero-order valence-corrected chi connectivity index (χ0v) is 19.5. The van der Waals surface area contributed by atoms with Crippen molar-refractivity contribution in [2.45, 2.75) is 31.3 Å². The zero-order chi connectivity index (χ0) is 23.9. The van der Waals surface area contributed by atoms with Crippen LogP contribution in [0, 0.1) is 0 Å². The summed E-state index contributed by atoms with van der Waals surface area (Å²) in [6.45, 7) is 0.384. The highest BCUT2D eigenvalue weighted by molar-refractivity contribution is 5.89. The Labute approximate surface area is 203 Å². The fraction of sp³-hybridized carbons (Fsp3) is 0.200. The predicted molar refractivity (Wildman–Crippen MR) is 137 cm³/mol. The van der Waals surface area contributed by atoms with Crippen LogP contribution in [0.4, 0.5) is 0 Å². The molecule has 0 spiro atoms. The maximum atomic E-state index is 11.7. The molecule has 1 aliphatic rings. The van der Waals surface area contributed by atoms with Crippen LogP contribution in [0.5, 0.6) is 5.75 Å². The van der Waals surface area contributed by atoms with Crippen LogP contribution in [0.3, 0.4) is 0 Å². The van der Waals surface area contributed by atoms with E-state index in [1.807, 2.05) is 43.4 Å². The molecule has 1 aliphatic carbocycles. The minimum Gasteiger partial charge on any atom is -0.487 e. The van der Waals surface area contributed by atoms with Crippen molar-refractivity contribution >= 4 is 27.8 Å². The Hall–Kier alpha value is -4.12. The number of aliphatic carboxylic acids is 1. The van der Waals surface area contributed by atoms with E-state index < -0.39 is 5.97 Å². The van der Waals surface area contributed by atoms with Crippen molar-refractivity contribution in [2.75, 3.05) is 0 Å². The van der Waals surface area contributed by atoms with Gasteiger partial charge in [-0.3, -0.25) is 4.79 Å². The van der Waals surface area contributed by atoms with E-state index in [1.165, 1.54) is 16.5 Å². The number of carbonyl (C=O) groups is 1. The molecule has 0 radical (unpaired) electrons. The molecule has 0 fully saturated rings. The maximum Gasteiger partial charge on any atom is 0.304 e. The first-order chi connectivity index (χ1) is 17.1. The Kier molecular flexibility index (Phi) is 5.25. The molecular formula is C30H26N2O3. The minimum absolute atomic E-state index is 0.0173. The number of benzene rings is 3. The van der Waals surface area contributed by atoms with Gasteiger partial charge in [0.1, 0.15) is 12.4 Å². The number of aryl methyl sites for hydroxylation is 1. The third-order valence-corrected chi connectivity index (χ3v) is 7.18. The third-order valence-electron chi connectivity index (χ3n) is 7.18. The highest BCUT2D eigenvalue weighted by Gasteiger charge is 2.37. The van der Waals surface area contributed by atoms with Gasteiger partial charge in [-0.1, -0.05) is 54.6 Å². The third kappa shape index (κ3) is 3.83. The molecule has 0 saturated heterocycles. The topological polar surface area (TPSA) is 64.4 Å². The molecule has 0 aliphatic heterocycles. The van der Waals surface area contributed by atoms with Gasteiger partial charge in [0.05, 0.1) is 23.1 Å². The molecule has 2 heterocycles. The molecule has 0 saturated carbocycles. The number of fused-ring (bicyclic) bond motifs is 4. The Bertz CT molecular complexity index is 1550. The lowest BCUT2D eigenvalue weighted by atomic mass is 9.91. The smallest absolute Gasteiger partial charge is 0.304 e. The van der Waals surface area contributed by atoms with E-state index in [9.17, 15) is 9.90 Å². The van der Waals surface area contributed by atoms with E-state index in [1.54, 1.807) is 0 Å². The van der Waals surface area contributed by atoms with Crippen LogP contribution in [0.25, 0.3) is 21.8 Å². The van der Waals surface area contributed by atoms with Crippen LogP contribution in [-0.2, 0) is 18.4 Å². The monoisotopic (exact) mass is 462 g/mol. The van der Waals surface area contributed by atoms with Crippen molar-refractivity contribution in [1.29, 1.82) is 0 Å². The quantitative estimate of drug-likeness (QED) is 0.317. The van der Waals surface area contributed by atoms with E-state index in [0.29, 0.717) is 6.61 Å². The van der Waals surface area contributed by atoms with Crippen LogP contribution in [-0.4, -0.2) is 20.6 Å². The predicted octanol–water partition coefficient (Wildman–Crippen LogP) is 6.40. The fourth-order valence-corrected chi connectivity index (χ4v) is 5.65. The van der Waals surface area contributed by atoms with Gasteiger partial charge >= 0.3 is 5.97 Å². The second-order valence-electron chi connectivity index (χ2n) is 9.31. The second kappa shape index (κ2) is 8.58. The Morgan fingerprint density at radius 3 is 2.66 bits per heavy atom. The lowest BCUT2D eigenvalue weighted by molar-refractivity contribution is -0.137. The van der Waals surface area contributed by atoms with Crippen molar-refractivity contribution in [1.82, 2.24) is 9.55 Å². The number of hydrogen-bond donors (Lipinski definition) is 1. The Balaban J connectivity index is 1.35. The summed E-state index contributed by atoms with van der Waals surface area (Å²) in [5, 5.41) is 11.9. The van der Waals surface area contributed by atoms with Gasteiger partial charge in [0, 0.05) is 41.4 Å². The number of nitrogens with zero attached hydrogens (tertiary/aromatic N) is 2. The van der Waals surface area contributed by atoms with E-state index >= 15 is 0 Å². The van der Waals surface area contributed by atoms with Gasteiger partial charge in [0.25, 0.3) is 0 Å². The summed E-state index contributed by atoms with van der Waals surface area (Å²) in [5.74, 6) is 0.189. The number of carboxylic acids is 1. The Morgan fingerprint density at radius 1 is 1.03 bits per heavy atom. The van der Waals surface area contributed by atoms with Gasteiger partial charge in [0.15, 0.2) is 0 Å². The normalized spacial score (nSPS) is 17.1. The average molecular weight is 463 g/mol. The van der Waals surface area contributed by atoms with Crippen LogP contribution >= 0.6 is 0 Å². The summed E-state index contributed by atoms with van der Waals surface area (Å²) in [5.41, 5.74) is 6.52. The lowest BCUT2D eigenvalue weighted by Gasteiger charge is -2.15.